The van der Waals surface area contributed by atoms with Crippen LogP contribution in [0, 0.1) is 10.1 Å². The summed E-state index contributed by atoms with van der Waals surface area (Å²) in [5, 5.41) is 13.5. The number of ether oxygens (including phenoxy) is 1. The molecule has 0 radical (unpaired) electrons. The van der Waals surface area contributed by atoms with Gasteiger partial charge in [-0.2, -0.15) is 0 Å². The Morgan fingerprint density at radius 3 is 2.52 bits per heavy atom. The van der Waals surface area contributed by atoms with Crippen LogP contribution in [0.4, 0.5) is 5.69 Å². The van der Waals surface area contributed by atoms with Crippen molar-refractivity contribution in [2.24, 2.45) is 0 Å². The lowest BCUT2D eigenvalue weighted by Gasteiger charge is -2.10. The van der Waals surface area contributed by atoms with Gasteiger partial charge in [-0.3, -0.25) is 14.9 Å². The number of benzene rings is 2. The van der Waals surface area contributed by atoms with Crippen LogP contribution >= 0.6 is 0 Å². The largest absolute Gasteiger partial charge is 0.491 e. The summed E-state index contributed by atoms with van der Waals surface area (Å²) in [5.74, 6) is 0.421. The number of nitrogens with zero attached hydrogens (tertiary/aromatic N) is 1. The second kappa shape index (κ2) is 7.40. The van der Waals surface area contributed by atoms with Crippen molar-refractivity contribution in [3.8, 4) is 5.75 Å². The first kappa shape index (κ1) is 16.5. The second-order valence-corrected chi connectivity index (χ2v) is 5.30. The van der Waals surface area contributed by atoms with Crippen LogP contribution in [0.3, 0.4) is 0 Å². The summed E-state index contributed by atoms with van der Waals surface area (Å²) in [6.45, 7) is 4.24. The van der Waals surface area contributed by atoms with Crippen molar-refractivity contribution in [1.82, 2.24) is 5.32 Å². The Hall–Kier alpha value is -2.89. The summed E-state index contributed by atoms with van der Waals surface area (Å²) in [7, 11) is 0. The van der Waals surface area contributed by atoms with E-state index in [-0.39, 0.29) is 23.3 Å². The molecule has 2 aromatic carbocycles. The lowest BCUT2D eigenvalue weighted by molar-refractivity contribution is -0.384. The van der Waals surface area contributed by atoms with Crippen LogP contribution in [0.25, 0.3) is 0 Å². The van der Waals surface area contributed by atoms with Gasteiger partial charge in [0.05, 0.1) is 11.0 Å². The number of nitro groups is 1. The van der Waals surface area contributed by atoms with Gasteiger partial charge in [-0.15, -0.1) is 0 Å². The average molecular weight is 314 g/mol. The molecular formula is C17H18N2O4. The third-order valence-corrected chi connectivity index (χ3v) is 3.07. The molecule has 0 aliphatic rings. The van der Waals surface area contributed by atoms with E-state index in [4.69, 9.17) is 4.74 Å². The summed E-state index contributed by atoms with van der Waals surface area (Å²) < 4.78 is 5.55. The van der Waals surface area contributed by atoms with Crippen molar-refractivity contribution in [2.75, 3.05) is 0 Å². The predicted octanol–water partition coefficient (Wildman–Crippen LogP) is 3.31. The molecule has 23 heavy (non-hydrogen) atoms. The first-order valence-electron chi connectivity index (χ1n) is 7.24. The summed E-state index contributed by atoms with van der Waals surface area (Å²) in [6.07, 6.45) is 0.106. The van der Waals surface area contributed by atoms with E-state index in [0.29, 0.717) is 6.54 Å². The van der Waals surface area contributed by atoms with Crippen LogP contribution in [0.1, 0.15) is 29.8 Å². The minimum absolute atomic E-state index is 0.104. The molecule has 1 amide bonds. The van der Waals surface area contributed by atoms with E-state index >= 15 is 0 Å². The lowest BCUT2D eigenvalue weighted by Crippen LogP contribution is -2.22. The average Bonchev–Trinajstić information content (AvgIpc) is 2.53. The molecule has 0 fully saturated rings. The van der Waals surface area contributed by atoms with Gasteiger partial charge in [-0.05, 0) is 37.6 Å². The topological polar surface area (TPSA) is 81.5 Å². The molecule has 1 N–H and O–H groups in total. The first-order valence-corrected chi connectivity index (χ1v) is 7.24. The molecule has 0 bridgehead atoms. The number of non-ortho nitro benzene ring substituents is 1. The van der Waals surface area contributed by atoms with Gasteiger partial charge in [-0.25, -0.2) is 0 Å². The summed E-state index contributed by atoms with van der Waals surface area (Å²) in [4.78, 5) is 22.2. The Kier molecular flexibility index (Phi) is 5.30. The van der Waals surface area contributed by atoms with E-state index in [1.807, 2.05) is 38.1 Å². The molecule has 0 atom stereocenters. The van der Waals surface area contributed by atoms with Crippen molar-refractivity contribution in [2.45, 2.75) is 26.5 Å². The number of nitro benzene ring substituents is 1. The molecule has 0 aliphatic heterocycles. The fourth-order valence-electron chi connectivity index (χ4n) is 2.00. The quantitative estimate of drug-likeness (QED) is 0.655. The maximum atomic E-state index is 12.0. The Labute approximate surface area is 134 Å². The molecule has 0 spiro atoms. The molecule has 6 nitrogen and oxygen atoms in total. The Morgan fingerprint density at radius 2 is 1.91 bits per heavy atom. The molecule has 0 aliphatic carbocycles. The van der Waals surface area contributed by atoms with Gasteiger partial charge in [0.15, 0.2) is 0 Å². The van der Waals surface area contributed by atoms with Gasteiger partial charge >= 0.3 is 0 Å². The molecule has 2 aromatic rings. The molecule has 0 saturated carbocycles. The smallest absolute Gasteiger partial charge is 0.270 e. The van der Waals surface area contributed by atoms with Gasteiger partial charge in [0.25, 0.3) is 11.6 Å². The number of carbonyl (C=O) groups excluding carboxylic acids is 1. The zero-order chi connectivity index (χ0) is 16.8. The highest BCUT2D eigenvalue weighted by atomic mass is 16.6. The fourth-order valence-corrected chi connectivity index (χ4v) is 2.00. The first-order chi connectivity index (χ1) is 11.0. The summed E-state index contributed by atoms with van der Waals surface area (Å²) in [5.41, 5.74) is 1.08. The number of amides is 1. The number of hydrogen-bond donors (Lipinski definition) is 1. The van der Waals surface area contributed by atoms with Crippen molar-refractivity contribution in [3.05, 3.63) is 69.8 Å². The van der Waals surface area contributed by atoms with Gasteiger partial charge < -0.3 is 10.1 Å². The monoisotopic (exact) mass is 314 g/mol. The zero-order valence-electron chi connectivity index (χ0n) is 13.0. The molecule has 0 aromatic heterocycles. The molecular weight excluding hydrogens is 296 g/mol. The molecule has 6 heteroatoms. The predicted molar refractivity (Wildman–Crippen MR) is 86.5 cm³/mol. The van der Waals surface area contributed by atoms with Crippen LogP contribution in [-0.2, 0) is 6.54 Å². The van der Waals surface area contributed by atoms with Gasteiger partial charge in [0, 0.05) is 24.2 Å². The van der Waals surface area contributed by atoms with Gasteiger partial charge in [0.2, 0.25) is 0 Å². The lowest BCUT2D eigenvalue weighted by atomic mass is 10.1. The molecule has 2 rings (SSSR count). The number of carbonyl (C=O) groups is 1. The highest BCUT2D eigenvalue weighted by Gasteiger charge is 2.11. The minimum atomic E-state index is -0.524. The highest BCUT2D eigenvalue weighted by Crippen LogP contribution is 2.15. The van der Waals surface area contributed by atoms with E-state index in [0.717, 1.165) is 11.3 Å². The number of rotatable bonds is 6. The van der Waals surface area contributed by atoms with Crippen LogP contribution in [0.5, 0.6) is 5.75 Å². The summed E-state index contributed by atoms with van der Waals surface area (Å²) in [6, 6.07) is 13.1. The van der Waals surface area contributed by atoms with Gasteiger partial charge in [-0.1, -0.05) is 18.2 Å². The normalized spacial score (nSPS) is 10.4. The van der Waals surface area contributed by atoms with E-state index in [1.165, 1.54) is 18.2 Å². The fraction of sp³-hybridized carbons (Fsp3) is 0.235. The maximum absolute atomic E-state index is 12.0. The molecule has 0 heterocycles. The van der Waals surface area contributed by atoms with Crippen molar-refractivity contribution < 1.29 is 14.5 Å². The third kappa shape index (κ3) is 4.81. The standard InChI is InChI=1S/C17H18N2O4/c1-12(2)23-16-8-6-13(7-9-16)11-18-17(20)14-4-3-5-15(10-14)19(21)22/h3-10,12H,11H2,1-2H3,(H,18,20). The Balaban J connectivity index is 1.96. The van der Waals surface area contributed by atoms with Gasteiger partial charge in [0.1, 0.15) is 5.75 Å². The molecule has 0 saturated heterocycles. The minimum Gasteiger partial charge on any atom is -0.491 e. The zero-order valence-corrected chi connectivity index (χ0v) is 13.0. The SMILES string of the molecule is CC(C)Oc1ccc(CNC(=O)c2cccc([N+](=O)[O-])c2)cc1. The van der Waals surface area contributed by atoms with E-state index in [2.05, 4.69) is 5.32 Å². The maximum Gasteiger partial charge on any atom is 0.270 e. The van der Waals surface area contributed by atoms with E-state index in [9.17, 15) is 14.9 Å². The second-order valence-electron chi connectivity index (χ2n) is 5.30. The van der Waals surface area contributed by atoms with E-state index in [1.54, 1.807) is 6.07 Å². The Morgan fingerprint density at radius 1 is 1.22 bits per heavy atom. The molecule has 120 valence electrons. The van der Waals surface area contributed by atoms with Crippen molar-refractivity contribution in [1.29, 1.82) is 0 Å². The van der Waals surface area contributed by atoms with Crippen LogP contribution < -0.4 is 10.1 Å². The number of nitrogens with one attached hydrogen (secondary N) is 1. The van der Waals surface area contributed by atoms with Crippen molar-refractivity contribution in [3.63, 3.8) is 0 Å². The van der Waals surface area contributed by atoms with Crippen molar-refractivity contribution >= 4 is 11.6 Å². The third-order valence-electron chi connectivity index (χ3n) is 3.07. The summed E-state index contributed by atoms with van der Waals surface area (Å²) >= 11 is 0. The number of hydrogen-bond acceptors (Lipinski definition) is 4. The Bertz CT molecular complexity index is 696. The van der Waals surface area contributed by atoms with Crippen LogP contribution in [0.15, 0.2) is 48.5 Å². The highest BCUT2D eigenvalue weighted by molar-refractivity contribution is 5.94. The van der Waals surface area contributed by atoms with Crippen LogP contribution in [0.2, 0.25) is 0 Å². The molecule has 0 unspecified atom stereocenters. The van der Waals surface area contributed by atoms with E-state index < -0.39 is 4.92 Å². The van der Waals surface area contributed by atoms with Crippen LogP contribution in [-0.4, -0.2) is 16.9 Å².